The molecule has 0 aromatic heterocycles. The highest BCUT2D eigenvalue weighted by Crippen LogP contribution is 2.37. The summed E-state index contributed by atoms with van der Waals surface area (Å²) < 4.78 is 29.2. The van der Waals surface area contributed by atoms with Gasteiger partial charge in [-0.2, -0.15) is 4.31 Å². The maximum atomic E-state index is 13.6. The number of hydrogen-bond acceptors (Lipinski definition) is 4. The highest BCUT2D eigenvalue weighted by atomic mass is 79.9. The zero-order valence-electron chi connectivity index (χ0n) is 19.3. The Kier molecular flexibility index (Phi) is 7.80. The number of benzene rings is 1. The second-order valence-electron chi connectivity index (χ2n) is 9.46. The number of nitrogens with zero attached hydrogens (tertiary/aromatic N) is 2. The van der Waals surface area contributed by atoms with E-state index in [2.05, 4.69) is 21.2 Å². The third-order valence-electron chi connectivity index (χ3n) is 7.21. The average Bonchev–Trinajstić information content (AvgIpc) is 3.04. The minimum atomic E-state index is -3.81. The summed E-state index contributed by atoms with van der Waals surface area (Å²) in [7, 11) is -3.81. The zero-order chi connectivity index (χ0) is 23.6. The van der Waals surface area contributed by atoms with Gasteiger partial charge in [0, 0.05) is 42.3 Å². The van der Waals surface area contributed by atoms with Crippen LogP contribution in [0.5, 0.6) is 0 Å². The lowest BCUT2D eigenvalue weighted by molar-refractivity contribution is -0.127. The number of anilines is 1. The van der Waals surface area contributed by atoms with Gasteiger partial charge in [-0.3, -0.25) is 9.59 Å². The number of nitrogens with one attached hydrogen (secondary N) is 1. The Morgan fingerprint density at radius 1 is 1.06 bits per heavy atom. The van der Waals surface area contributed by atoms with E-state index in [1.807, 2.05) is 13.0 Å². The zero-order valence-corrected chi connectivity index (χ0v) is 21.7. The third kappa shape index (κ3) is 5.30. The van der Waals surface area contributed by atoms with Crippen molar-refractivity contribution in [1.29, 1.82) is 0 Å². The quantitative estimate of drug-likeness (QED) is 0.573. The number of amides is 2. The standard InChI is InChI=1S/C24H34BrN3O4S/c1-2-23(29)28-13-11-17-14-20(25)22(15-21(17)28)33(31,32)27-12-7-8-18(16-27)24(30)26-19-9-5-3-4-6-10-19/h14-15,18-19H,2-13,16H2,1H3,(H,26,30). The van der Waals surface area contributed by atoms with Crippen LogP contribution in [0.25, 0.3) is 0 Å². The Bertz CT molecular complexity index is 1010. The molecule has 9 heteroatoms. The summed E-state index contributed by atoms with van der Waals surface area (Å²) in [6.07, 6.45) is 9.19. The predicted octanol–water partition coefficient (Wildman–Crippen LogP) is 3.99. The van der Waals surface area contributed by atoms with Gasteiger partial charge in [-0.15, -0.1) is 0 Å². The van der Waals surface area contributed by atoms with E-state index < -0.39 is 10.0 Å². The molecule has 2 fully saturated rings. The minimum absolute atomic E-state index is 0.00681. The monoisotopic (exact) mass is 539 g/mol. The van der Waals surface area contributed by atoms with Gasteiger partial charge in [0.05, 0.1) is 10.8 Å². The van der Waals surface area contributed by atoms with Crippen LogP contribution in [0.4, 0.5) is 5.69 Å². The SMILES string of the molecule is CCC(=O)N1CCc2cc(Br)c(S(=O)(=O)N3CCCC(C(=O)NC4CCCCCC4)C3)cc21. The number of halogens is 1. The van der Waals surface area contributed by atoms with Gasteiger partial charge in [0.1, 0.15) is 0 Å². The van der Waals surface area contributed by atoms with E-state index in [-0.39, 0.29) is 35.2 Å². The summed E-state index contributed by atoms with van der Waals surface area (Å²) in [6, 6.07) is 3.66. The lowest BCUT2D eigenvalue weighted by Gasteiger charge is -2.32. The Morgan fingerprint density at radius 3 is 2.48 bits per heavy atom. The number of piperidine rings is 1. The summed E-state index contributed by atoms with van der Waals surface area (Å²) in [5.74, 6) is -0.356. The number of sulfonamides is 1. The second kappa shape index (κ2) is 10.4. The van der Waals surface area contributed by atoms with Crippen LogP contribution in [0.3, 0.4) is 0 Å². The van der Waals surface area contributed by atoms with Crippen molar-refractivity contribution in [2.75, 3.05) is 24.5 Å². The molecule has 3 aliphatic rings. The summed E-state index contributed by atoms with van der Waals surface area (Å²) in [4.78, 5) is 27.2. The predicted molar refractivity (Wildman–Crippen MR) is 132 cm³/mol. The van der Waals surface area contributed by atoms with Crippen molar-refractivity contribution < 1.29 is 18.0 Å². The van der Waals surface area contributed by atoms with E-state index >= 15 is 0 Å². The fraction of sp³-hybridized carbons (Fsp3) is 0.667. The molecular formula is C24H34BrN3O4S. The Morgan fingerprint density at radius 2 is 1.79 bits per heavy atom. The van der Waals surface area contributed by atoms with Gasteiger partial charge in [-0.25, -0.2) is 8.42 Å². The molecule has 2 aliphatic heterocycles. The molecule has 182 valence electrons. The van der Waals surface area contributed by atoms with Gasteiger partial charge in [-0.1, -0.05) is 32.6 Å². The molecule has 33 heavy (non-hydrogen) atoms. The molecule has 1 atom stereocenters. The maximum Gasteiger partial charge on any atom is 0.244 e. The third-order valence-corrected chi connectivity index (χ3v) is 10.0. The molecule has 4 rings (SSSR count). The van der Waals surface area contributed by atoms with E-state index in [4.69, 9.17) is 0 Å². The van der Waals surface area contributed by atoms with Crippen LogP contribution in [0.2, 0.25) is 0 Å². The van der Waals surface area contributed by atoms with Gasteiger partial charge in [0.15, 0.2) is 0 Å². The van der Waals surface area contributed by atoms with Crippen molar-refractivity contribution in [3.63, 3.8) is 0 Å². The van der Waals surface area contributed by atoms with Crippen LogP contribution >= 0.6 is 15.9 Å². The highest BCUT2D eigenvalue weighted by molar-refractivity contribution is 9.10. The van der Waals surface area contributed by atoms with E-state index in [0.29, 0.717) is 48.9 Å². The van der Waals surface area contributed by atoms with Crippen LogP contribution in [0.15, 0.2) is 21.5 Å². The first kappa shape index (κ1) is 24.7. The number of rotatable bonds is 5. The number of fused-ring (bicyclic) bond motifs is 1. The molecule has 1 aliphatic carbocycles. The maximum absolute atomic E-state index is 13.6. The highest BCUT2D eigenvalue weighted by Gasteiger charge is 2.36. The van der Waals surface area contributed by atoms with E-state index in [1.54, 1.807) is 11.0 Å². The summed E-state index contributed by atoms with van der Waals surface area (Å²) in [5.41, 5.74) is 1.66. The Labute approximate surface area is 205 Å². The molecular weight excluding hydrogens is 506 g/mol. The first-order valence-corrected chi connectivity index (χ1v) is 14.5. The number of carbonyl (C=O) groups is 2. The smallest absolute Gasteiger partial charge is 0.244 e. The topological polar surface area (TPSA) is 86.8 Å². The molecule has 0 spiro atoms. The van der Waals surface area contributed by atoms with Crippen LogP contribution in [-0.2, 0) is 26.0 Å². The Hall–Kier alpha value is -1.45. The van der Waals surface area contributed by atoms with Crippen LogP contribution in [-0.4, -0.2) is 50.2 Å². The molecule has 0 radical (unpaired) electrons. The van der Waals surface area contributed by atoms with E-state index in [9.17, 15) is 18.0 Å². The summed E-state index contributed by atoms with van der Waals surface area (Å²) in [5, 5.41) is 3.20. The molecule has 2 heterocycles. The second-order valence-corrected chi connectivity index (χ2v) is 12.2. The van der Waals surface area contributed by atoms with Crippen molar-refractivity contribution >= 4 is 43.5 Å². The van der Waals surface area contributed by atoms with Crippen molar-refractivity contribution in [3.05, 3.63) is 22.2 Å². The normalized spacial score (nSPS) is 22.6. The largest absolute Gasteiger partial charge is 0.353 e. The lowest BCUT2D eigenvalue weighted by Crippen LogP contribution is -2.47. The van der Waals surface area contributed by atoms with Crippen molar-refractivity contribution in [2.24, 2.45) is 5.92 Å². The average molecular weight is 541 g/mol. The molecule has 1 aromatic rings. The molecule has 7 nitrogen and oxygen atoms in total. The van der Waals surface area contributed by atoms with Crippen molar-refractivity contribution in [1.82, 2.24) is 9.62 Å². The van der Waals surface area contributed by atoms with Gasteiger partial charge >= 0.3 is 0 Å². The van der Waals surface area contributed by atoms with Crippen LogP contribution in [0.1, 0.15) is 70.3 Å². The minimum Gasteiger partial charge on any atom is -0.353 e. The van der Waals surface area contributed by atoms with Crippen LogP contribution in [0, 0.1) is 5.92 Å². The molecule has 0 bridgehead atoms. The summed E-state index contributed by atoms with van der Waals surface area (Å²) in [6.45, 7) is 2.98. The lowest BCUT2D eigenvalue weighted by atomic mass is 9.97. The van der Waals surface area contributed by atoms with Crippen LogP contribution < -0.4 is 10.2 Å². The fourth-order valence-electron chi connectivity index (χ4n) is 5.29. The van der Waals surface area contributed by atoms with Gasteiger partial charge in [0.2, 0.25) is 21.8 Å². The molecule has 1 unspecified atom stereocenters. The molecule has 1 saturated heterocycles. The van der Waals surface area contributed by atoms with E-state index in [0.717, 1.165) is 31.2 Å². The first-order chi connectivity index (χ1) is 15.8. The van der Waals surface area contributed by atoms with E-state index in [1.165, 1.54) is 17.1 Å². The van der Waals surface area contributed by atoms with Gasteiger partial charge < -0.3 is 10.2 Å². The molecule has 1 aromatic carbocycles. The molecule has 1 N–H and O–H groups in total. The van der Waals surface area contributed by atoms with Gasteiger partial charge in [-0.05, 0) is 65.7 Å². The number of carbonyl (C=O) groups excluding carboxylic acids is 2. The van der Waals surface area contributed by atoms with Crippen molar-refractivity contribution in [3.8, 4) is 0 Å². The molecule has 2 amide bonds. The molecule has 1 saturated carbocycles. The first-order valence-electron chi connectivity index (χ1n) is 12.2. The fourth-order valence-corrected chi connectivity index (χ4v) is 7.89. The number of hydrogen-bond donors (Lipinski definition) is 1. The Balaban J connectivity index is 1.51. The summed E-state index contributed by atoms with van der Waals surface area (Å²) >= 11 is 3.46. The van der Waals surface area contributed by atoms with Gasteiger partial charge in [0.25, 0.3) is 0 Å². The van der Waals surface area contributed by atoms with Crippen molar-refractivity contribution in [2.45, 2.75) is 82.1 Å².